The van der Waals surface area contributed by atoms with Gasteiger partial charge in [0.25, 0.3) is 11.2 Å². The summed E-state index contributed by atoms with van der Waals surface area (Å²) in [5.41, 5.74) is 1.29. The van der Waals surface area contributed by atoms with Gasteiger partial charge in [0.05, 0.1) is 53.2 Å². The molecular weight excluding hydrogens is 610 g/mol. The van der Waals surface area contributed by atoms with Crippen molar-refractivity contribution >= 4 is 40.7 Å². The highest BCUT2D eigenvalue weighted by atomic mass is 35.5. The van der Waals surface area contributed by atoms with Crippen LogP contribution in [0.4, 0.5) is 5.69 Å². The summed E-state index contributed by atoms with van der Waals surface area (Å²) in [6.45, 7) is 3.84. The number of halogens is 1. The number of nitro groups is 1. The van der Waals surface area contributed by atoms with Crippen molar-refractivity contribution in [1.29, 1.82) is 0 Å². The van der Waals surface area contributed by atoms with Crippen LogP contribution in [-0.4, -0.2) is 36.3 Å². The zero-order valence-electron chi connectivity index (χ0n) is 24.3. The number of ether oxygens (including phenoxy) is 3. The molecule has 0 radical (unpaired) electrons. The number of allylic oxidation sites excluding steroid dienone is 1. The minimum Gasteiger partial charge on any atom is -0.496 e. The predicted octanol–water partition coefficient (Wildman–Crippen LogP) is 5.42. The average Bonchev–Trinajstić information content (AvgIpc) is 3.60. The highest BCUT2D eigenvalue weighted by Crippen LogP contribution is 2.38. The molecule has 1 aliphatic heterocycles. The molecule has 0 amide bonds. The Bertz CT molecular complexity index is 1970. The number of fused-ring (bicyclic) bond motifs is 1. The Morgan fingerprint density at radius 2 is 1.91 bits per heavy atom. The summed E-state index contributed by atoms with van der Waals surface area (Å²) in [5, 5.41) is 11.6. The number of carbonyl (C=O) groups excluding carboxylic acids is 1. The highest BCUT2D eigenvalue weighted by Gasteiger charge is 2.36. The molecular formula is C31H28ClN3O8S. The van der Waals surface area contributed by atoms with Crippen molar-refractivity contribution in [3.63, 3.8) is 0 Å². The lowest BCUT2D eigenvalue weighted by Gasteiger charge is -2.27. The first-order chi connectivity index (χ1) is 21.2. The molecule has 0 saturated carbocycles. The number of nitro benzene ring substituents is 1. The second-order valence-corrected chi connectivity index (χ2v) is 11.1. The third-order valence-corrected chi connectivity index (χ3v) is 8.16. The molecule has 13 heteroatoms. The average molecular weight is 638 g/mol. The molecule has 0 spiro atoms. The van der Waals surface area contributed by atoms with Crippen LogP contribution in [0.25, 0.3) is 17.4 Å². The molecule has 0 N–H and O–H groups in total. The lowest BCUT2D eigenvalue weighted by molar-refractivity contribution is -0.384. The number of rotatable bonds is 10. The van der Waals surface area contributed by atoms with Crippen LogP contribution in [0.3, 0.4) is 0 Å². The minimum atomic E-state index is -0.904. The molecule has 44 heavy (non-hydrogen) atoms. The van der Waals surface area contributed by atoms with Crippen LogP contribution in [-0.2, 0) is 9.53 Å². The molecule has 1 aliphatic rings. The van der Waals surface area contributed by atoms with Gasteiger partial charge in [0.2, 0.25) is 0 Å². The van der Waals surface area contributed by atoms with E-state index in [-0.39, 0.29) is 23.6 Å². The van der Waals surface area contributed by atoms with Crippen LogP contribution in [0.5, 0.6) is 11.5 Å². The predicted molar refractivity (Wildman–Crippen MR) is 165 cm³/mol. The van der Waals surface area contributed by atoms with E-state index >= 15 is 0 Å². The zero-order valence-corrected chi connectivity index (χ0v) is 25.9. The van der Waals surface area contributed by atoms with E-state index in [0.717, 1.165) is 11.3 Å². The maximum Gasteiger partial charge on any atom is 0.338 e. The summed E-state index contributed by atoms with van der Waals surface area (Å²) in [7, 11) is 2.92. The third-order valence-electron chi connectivity index (χ3n) is 6.94. The van der Waals surface area contributed by atoms with Gasteiger partial charge in [0.15, 0.2) is 4.80 Å². The molecule has 0 unspecified atom stereocenters. The van der Waals surface area contributed by atoms with Crippen molar-refractivity contribution < 1.29 is 28.3 Å². The van der Waals surface area contributed by atoms with Crippen LogP contribution in [0.2, 0.25) is 5.02 Å². The number of hydrogen-bond donors (Lipinski definition) is 0. The van der Waals surface area contributed by atoms with Crippen LogP contribution in [0.1, 0.15) is 44.1 Å². The van der Waals surface area contributed by atoms with E-state index in [0.29, 0.717) is 61.3 Å². The van der Waals surface area contributed by atoms with Crippen LogP contribution >= 0.6 is 22.9 Å². The summed E-state index contributed by atoms with van der Waals surface area (Å²) in [6, 6.07) is 11.7. The summed E-state index contributed by atoms with van der Waals surface area (Å²) >= 11 is 7.56. The van der Waals surface area contributed by atoms with Gasteiger partial charge < -0.3 is 18.6 Å². The van der Waals surface area contributed by atoms with E-state index in [9.17, 15) is 19.7 Å². The second kappa shape index (κ2) is 12.9. The van der Waals surface area contributed by atoms with Crippen molar-refractivity contribution in [3.8, 4) is 22.8 Å². The number of nitrogens with zero attached hydrogens (tertiary/aromatic N) is 3. The van der Waals surface area contributed by atoms with Gasteiger partial charge in [-0.15, -0.1) is 0 Å². The van der Waals surface area contributed by atoms with Gasteiger partial charge in [-0.3, -0.25) is 19.5 Å². The first-order valence-electron chi connectivity index (χ1n) is 13.7. The molecule has 0 saturated heterocycles. The standard InChI is InChI=1S/C31H28ClN3O8S/c1-5-7-22-27(30(37)42-6-2)28(21-14-17(32)8-12-23(21)40-3)34-29(36)26(44-31(34)33-22)16-19-10-13-24(43-19)20-11-9-18(35(38)39)15-25(20)41-4/h8-16,28H,5-7H2,1-4H3/b26-16+/t28-/m1/s1. The van der Waals surface area contributed by atoms with Gasteiger partial charge in [-0.1, -0.05) is 36.3 Å². The summed E-state index contributed by atoms with van der Waals surface area (Å²) in [6.07, 6.45) is 2.78. The zero-order chi connectivity index (χ0) is 31.5. The van der Waals surface area contributed by atoms with Crippen molar-refractivity contribution in [2.45, 2.75) is 32.7 Å². The monoisotopic (exact) mass is 637 g/mol. The summed E-state index contributed by atoms with van der Waals surface area (Å²) in [5.74, 6) is 0.896. The van der Waals surface area contributed by atoms with Crippen molar-refractivity contribution in [3.05, 3.63) is 106 Å². The Balaban J connectivity index is 1.68. The Labute approximate surface area is 260 Å². The van der Waals surface area contributed by atoms with E-state index in [1.54, 1.807) is 43.3 Å². The summed E-state index contributed by atoms with van der Waals surface area (Å²) in [4.78, 5) is 43.3. The van der Waals surface area contributed by atoms with Crippen molar-refractivity contribution in [2.75, 3.05) is 20.8 Å². The van der Waals surface area contributed by atoms with Crippen molar-refractivity contribution in [1.82, 2.24) is 4.57 Å². The fourth-order valence-corrected chi connectivity index (χ4v) is 6.22. The Kier molecular flexibility index (Phi) is 9.02. The molecule has 5 rings (SSSR count). The molecule has 3 heterocycles. The van der Waals surface area contributed by atoms with E-state index in [1.165, 1.54) is 37.0 Å². The smallest absolute Gasteiger partial charge is 0.338 e. The lowest BCUT2D eigenvalue weighted by atomic mass is 9.93. The maximum atomic E-state index is 14.1. The van der Waals surface area contributed by atoms with Gasteiger partial charge in [-0.05, 0) is 49.7 Å². The SMILES string of the molecule is CCCC1=C(C(=O)OCC)[C@@H](c2cc(Cl)ccc2OC)n2c(s/c(=C/c3ccc(-c4ccc([N+](=O)[O-])cc4OC)o3)c2=O)=N1. The fourth-order valence-electron chi connectivity index (χ4n) is 5.04. The quantitative estimate of drug-likeness (QED) is 0.128. The van der Waals surface area contributed by atoms with E-state index in [1.807, 2.05) is 6.92 Å². The largest absolute Gasteiger partial charge is 0.496 e. The molecule has 0 aliphatic carbocycles. The summed E-state index contributed by atoms with van der Waals surface area (Å²) < 4.78 is 24.2. The number of methoxy groups -OCH3 is 2. The highest BCUT2D eigenvalue weighted by molar-refractivity contribution is 7.07. The molecule has 0 fully saturated rings. The Morgan fingerprint density at radius 3 is 2.59 bits per heavy atom. The van der Waals surface area contributed by atoms with Crippen LogP contribution in [0, 0.1) is 10.1 Å². The number of hydrogen-bond acceptors (Lipinski definition) is 10. The number of furan rings is 1. The van der Waals surface area contributed by atoms with Crippen molar-refractivity contribution in [2.24, 2.45) is 4.99 Å². The number of thiazole rings is 1. The van der Waals surface area contributed by atoms with Gasteiger partial charge in [-0.25, -0.2) is 9.79 Å². The molecule has 2 aromatic heterocycles. The van der Waals surface area contributed by atoms with Crippen LogP contribution in [0.15, 0.2) is 74.0 Å². The lowest BCUT2D eigenvalue weighted by Crippen LogP contribution is -2.40. The second-order valence-electron chi connectivity index (χ2n) is 9.64. The normalized spacial score (nSPS) is 14.7. The van der Waals surface area contributed by atoms with E-state index in [2.05, 4.69) is 0 Å². The third kappa shape index (κ3) is 5.78. The molecule has 2 aromatic carbocycles. The maximum absolute atomic E-state index is 14.1. The molecule has 1 atom stereocenters. The number of benzene rings is 2. The Hall–Kier alpha value is -4.68. The number of aromatic nitrogens is 1. The van der Waals surface area contributed by atoms with E-state index in [4.69, 9.17) is 35.2 Å². The van der Waals surface area contributed by atoms with Gasteiger partial charge in [0, 0.05) is 22.7 Å². The first kappa shape index (κ1) is 30.8. The molecule has 4 aromatic rings. The molecule has 11 nitrogen and oxygen atoms in total. The Morgan fingerprint density at radius 1 is 1.14 bits per heavy atom. The first-order valence-corrected chi connectivity index (χ1v) is 14.9. The fraction of sp³-hybridized carbons (Fsp3) is 0.258. The topological polar surface area (TPSA) is 135 Å². The molecule has 228 valence electrons. The van der Waals surface area contributed by atoms with Crippen LogP contribution < -0.4 is 24.4 Å². The number of carbonyl (C=O) groups is 1. The van der Waals surface area contributed by atoms with Gasteiger partial charge >= 0.3 is 5.97 Å². The molecule has 0 bridgehead atoms. The number of esters is 1. The van der Waals surface area contributed by atoms with Gasteiger partial charge in [-0.2, -0.15) is 0 Å². The minimum absolute atomic E-state index is 0.117. The number of non-ortho nitro benzene ring substituents is 1. The van der Waals surface area contributed by atoms with Gasteiger partial charge in [0.1, 0.15) is 29.1 Å². The van der Waals surface area contributed by atoms with E-state index < -0.39 is 22.5 Å².